The van der Waals surface area contributed by atoms with E-state index in [0.29, 0.717) is 10.5 Å². The molecule has 3 aromatic carbocycles. The molecule has 0 saturated carbocycles. The van der Waals surface area contributed by atoms with Crippen LogP contribution in [0.1, 0.15) is 17.2 Å². The van der Waals surface area contributed by atoms with E-state index < -0.39 is 16.1 Å². The zero-order valence-electron chi connectivity index (χ0n) is 11.1. The van der Waals surface area contributed by atoms with E-state index in [9.17, 15) is 9.32 Å². The molecule has 0 bridgehead atoms. The van der Waals surface area contributed by atoms with Crippen molar-refractivity contribution in [1.29, 1.82) is 0 Å². The number of benzene rings is 3. The summed E-state index contributed by atoms with van der Waals surface area (Å²) >= 11 is 0. The maximum absolute atomic E-state index is 11.4. The lowest BCUT2D eigenvalue weighted by molar-refractivity contribution is 0.221. The molecule has 2 nitrogen and oxygen atoms in total. The van der Waals surface area contributed by atoms with E-state index in [1.165, 1.54) is 0 Å². The van der Waals surface area contributed by atoms with Crippen molar-refractivity contribution >= 4 is 31.5 Å². The van der Waals surface area contributed by atoms with Crippen LogP contribution < -0.4 is 0 Å². The van der Waals surface area contributed by atoms with Gasteiger partial charge in [0.2, 0.25) is 0 Å². The highest BCUT2D eigenvalue weighted by Crippen LogP contribution is 2.29. The van der Waals surface area contributed by atoms with Crippen molar-refractivity contribution in [1.82, 2.24) is 0 Å². The molecule has 0 fully saturated rings. The number of aliphatic hydroxyl groups is 1. The molecule has 3 aromatic rings. The Kier molecular flexibility index (Phi) is 4.06. The number of hydrogen-bond acceptors (Lipinski definition) is 2. The highest BCUT2D eigenvalue weighted by atomic mass is 35.7. The van der Waals surface area contributed by atoms with E-state index in [1.807, 2.05) is 42.5 Å². The molecule has 21 heavy (non-hydrogen) atoms. The maximum Gasteiger partial charge on any atom is 0.147 e. The number of hydrogen-bond donors (Lipinski definition) is 1. The minimum atomic E-state index is -1.58. The monoisotopic (exact) mass is 316 g/mol. The van der Waals surface area contributed by atoms with E-state index in [0.717, 1.165) is 16.3 Å². The summed E-state index contributed by atoms with van der Waals surface area (Å²) in [6.07, 6.45) is -0.781. The van der Waals surface area contributed by atoms with Gasteiger partial charge in [0, 0.05) is 0 Å². The fourth-order valence-electron chi connectivity index (χ4n) is 2.45. The van der Waals surface area contributed by atoms with Crippen LogP contribution in [0.25, 0.3) is 10.8 Å². The topological polar surface area (TPSA) is 37.3 Å². The molecule has 3 rings (SSSR count). The number of aliphatic hydroxyl groups excluding tert-OH is 1. The van der Waals surface area contributed by atoms with E-state index in [1.54, 1.807) is 24.3 Å². The lowest BCUT2D eigenvalue weighted by Gasteiger charge is -2.14. The van der Waals surface area contributed by atoms with E-state index in [2.05, 4.69) is 0 Å². The average Bonchev–Trinajstić information content (AvgIpc) is 2.53. The summed E-state index contributed by atoms with van der Waals surface area (Å²) in [7, 11) is 4.03. The van der Waals surface area contributed by atoms with Crippen molar-refractivity contribution in [3.63, 3.8) is 0 Å². The Labute approximate surface area is 130 Å². The third-order valence-electron chi connectivity index (χ3n) is 3.48. The SMILES string of the molecule is O=S(Cl)c1cccc(C(O)c2cccc3ccccc23)c1. The van der Waals surface area contributed by atoms with Gasteiger partial charge in [-0.3, -0.25) is 0 Å². The smallest absolute Gasteiger partial charge is 0.147 e. The van der Waals surface area contributed by atoms with Crippen LogP contribution in [0.3, 0.4) is 0 Å². The third kappa shape index (κ3) is 2.86. The molecule has 2 unspecified atom stereocenters. The quantitative estimate of drug-likeness (QED) is 0.736. The Morgan fingerprint density at radius 3 is 2.48 bits per heavy atom. The molecule has 0 aliphatic rings. The molecule has 0 heterocycles. The van der Waals surface area contributed by atoms with Crippen LogP contribution in [0.2, 0.25) is 0 Å². The van der Waals surface area contributed by atoms with Gasteiger partial charge in [-0.15, -0.1) is 0 Å². The number of fused-ring (bicyclic) bond motifs is 1. The number of halogens is 1. The molecule has 0 aliphatic heterocycles. The van der Waals surface area contributed by atoms with E-state index in [-0.39, 0.29) is 0 Å². The Morgan fingerprint density at radius 2 is 1.67 bits per heavy atom. The molecule has 0 aromatic heterocycles. The standard InChI is InChI=1S/C17H13ClO2S/c18-21(20)14-8-3-7-13(11-14)17(19)16-10-4-6-12-5-1-2-9-15(12)16/h1-11,17,19H. The van der Waals surface area contributed by atoms with Gasteiger partial charge in [0.25, 0.3) is 0 Å². The lowest BCUT2D eigenvalue weighted by atomic mass is 9.96. The molecule has 4 heteroatoms. The summed E-state index contributed by atoms with van der Waals surface area (Å²) in [5.41, 5.74) is 1.50. The minimum Gasteiger partial charge on any atom is -0.384 e. The van der Waals surface area contributed by atoms with Crippen LogP contribution in [-0.4, -0.2) is 9.32 Å². The highest BCUT2D eigenvalue weighted by molar-refractivity contribution is 8.08. The Hall–Kier alpha value is -1.68. The molecule has 0 aliphatic carbocycles. The molecular weight excluding hydrogens is 304 g/mol. The van der Waals surface area contributed by atoms with Gasteiger partial charge in [0.05, 0.1) is 4.90 Å². The first kappa shape index (κ1) is 14.3. The van der Waals surface area contributed by atoms with Crippen molar-refractivity contribution in [3.8, 4) is 0 Å². The molecule has 0 spiro atoms. The van der Waals surface area contributed by atoms with Crippen molar-refractivity contribution in [2.75, 3.05) is 0 Å². The summed E-state index contributed by atoms with van der Waals surface area (Å²) in [5, 5.41) is 12.7. The van der Waals surface area contributed by atoms with E-state index in [4.69, 9.17) is 10.7 Å². The molecule has 1 N–H and O–H groups in total. The van der Waals surface area contributed by atoms with Crippen molar-refractivity contribution in [3.05, 3.63) is 77.9 Å². The van der Waals surface area contributed by atoms with Crippen molar-refractivity contribution in [2.24, 2.45) is 0 Å². The van der Waals surface area contributed by atoms with Crippen LogP contribution >= 0.6 is 10.7 Å². The predicted octanol–water partition coefficient (Wildman–Crippen LogP) is 4.18. The molecule has 0 radical (unpaired) electrons. The number of rotatable bonds is 3. The fraction of sp³-hybridized carbons (Fsp3) is 0.0588. The lowest BCUT2D eigenvalue weighted by Crippen LogP contribution is -2.01. The summed E-state index contributed by atoms with van der Waals surface area (Å²) < 4.78 is 11.4. The van der Waals surface area contributed by atoms with Crippen LogP contribution in [0.4, 0.5) is 0 Å². The van der Waals surface area contributed by atoms with Crippen LogP contribution in [-0.2, 0) is 10.0 Å². The second-order valence-corrected chi connectivity index (χ2v) is 6.53. The van der Waals surface area contributed by atoms with Crippen molar-refractivity contribution in [2.45, 2.75) is 11.0 Å². The second-order valence-electron chi connectivity index (χ2n) is 4.77. The normalized spacial score (nSPS) is 14.0. The molecule has 0 saturated heterocycles. The summed E-state index contributed by atoms with van der Waals surface area (Å²) in [5.74, 6) is 0. The second kappa shape index (κ2) is 5.98. The summed E-state index contributed by atoms with van der Waals surface area (Å²) in [6, 6.07) is 20.7. The molecular formula is C17H13ClO2S. The molecule has 106 valence electrons. The van der Waals surface area contributed by atoms with Gasteiger partial charge in [0.1, 0.15) is 16.1 Å². The fourth-order valence-corrected chi connectivity index (χ4v) is 3.16. The molecule has 0 amide bonds. The summed E-state index contributed by atoms with van der Waals surface area (Å²) in [4.78, 5) is 0.494. The van der Waals surface area contributed by atoms with Crippen LogP contribution in [0.5, 0.6) is 0 Å². The van der Waals surface area contributed by atoms with Crippen LogP contribution in [0.15, 0.2) is 71.6 Å². The van der Waals surface area contributed by atoms with Crippen molar-refractivity contribution < 1.29 is 9.32 Å². The largest absolute Gasteiger partial charge is 0.384 e. The van der Waals surface area contributed by atoms with E-state index >= 15 is 0 Å². The summed E-state index contributed by atoms with van der Waals surface area (Å²) in [6.45, 7) is 0. The zero-order valence-corrected chi connectivity index (χ0v) is 12.6. The maximum atomic E-state index is 11.4. The Balaban J connectivity index is 2.10. The highest BCUT2D eigenvalue weighted by Gasteiger charge is 2.14. The van der Waals surface area contributed by atoms with Gasteiger partial charge >= 0.3 is 0 Å². The Bertz CT molecular complexity index is 811. The van der Waals surface area contributed by atoms with Gasteiger partial charge in [-0.2, -0.15) is 0 Å². The predicted molar refractivity (Wildman–Crippen MR) is 86.7 cm³/mol. The zero-order chi connectivity index (χ0) is 14.8. The van der Waals surface area contributed by atoms with Gasteiger partial charge in [-0.05, 0) is 44.7 Å². The van der Waals surface area contributed by atoms with Gasteiger partial charge in [-0.1, -0.05) is 54.6 Å². The van der Waals surface area contributed by atoms with Gasteiger partial charge < -0.3 is 5.11 Å². The van der Waals surface area contributed by atoms with Gasteiger partial charge in [-0.25, -0.2) is 4.21 Å². The van der Waals surface area contributed by atoms with Gasteiger partial charge in [0.15, 0.2) is 0 Å². The minimum absolute atomic E-state index is 0.494. The first-order valence-electron chi connectivity index (χ1n) is 6.50. The average molecular weight is 317 g/mol. The van der Waals surface area contributed by atoms with Crippen LogP contribution in [0, 0.1) is 0 Å². The third-order valence-corrected chi connectivity index (χ3v) is 4.64. The molecule has 2 atom stereocenters. The first-order chi connectivity index (χ1) is 10.2. The first-order valence-corrected chi connectivity index (χ1v) is 8.48. The Morgan fingerprint density at radius 1 is 0.952 bits per heavy atom.